The quantitative estimate of drug-likeness (QED) is 0.913. The van der Waals surface area contributed by atoms with Crippen molar-refractivity contribution in [3.63, 3.8) is 0 Å². The Hall–Kier alpha value is -1.55. The zero-order valence-electron chi connectivity index (χ0n) is 9.91. The third-order valence-electron chi connectivity index (χ3n) is 2.54. The molecule has 18 heavy (non-hydrogen) atoms. The molecule has 2 aromatic rings. The number of hydrogen-bond donors (Lipinski definition) is 1. The standard InChI is InChI=1S/C14H13BrFNO/c1-18-14-6-5-12(8-13(14)16)17-9-10-3-2-4-11(15)7-10/h2-8,17H,9H2,1H3. The first-order valence-corrected chi connectivity index (χ1v) is 6.30. The molecular weight excluding hydrogens is 297 g/mol. The molecule has 0 aliphatic carbocycles. The first kappa shape index (κ1) is 12.9. The van der Waals surface area contributed by atoms with Crippen molar-refractivity contribution in [1.29, 1.82) is 0 Å². The summed E-state index contributed by atoms with van der Waals surface area (Å²) in [6.07, 6.45) is 0. The molecule has 0 amide bonds. The molecule has 0 saturated heterocycles. The summed E-state index contributed by atoms with van der Waals surface area (Å²) < 4.78 is 19.4. The van der Waals surface area contributed by atoms with E-state index >= 15 is 0 Å². The van der Waals surface area contributed by atoms with Crippen molar-refractivity contribution in [1.82, 2.24) is 0 Å². The first-order valence-electron chi connectivity index (χ1n) is 5.51. The summed E-state index contributed by atoms with van der Waals surface area (Å²) in [5, 5.41) is 3.16. The Labute approximate surface area is 114 Å². The molecule has 0 radical (unpaired) electrons. The van der Waals surface area contributed by atoms with Gasteiger partial charge in [0.2, 0.25) is 0 Å². The van der Waals surface area contributed by atoms with Crippen molar-refractivity contribution in [3.8, 4) is 5.75 Å². The molecule has 0 aliphatic heterocycles. The summed E-state index contributed by atoms with van der Waals surface area (Å²) in [6, 6.07) is 12.8. The van der Waals surface area contributed by atoms with Crippen LogP contribution in [0.3, 0.4) is 0 Å². The lowest BCUT2D eigenvalue weighted by molar-refractivity contribution is 0.386. The van der Waals surface area contributed by atoms with Crippen LogP contribution >= 0.6 is 15.9 Å². The number of ether oxygens (including phenoxy) is 1. The molecule has 94 valence electrons. The zero-order chi connectivity index (χ0) is 13.0. The van der Waals surface area contributed by atoms with E-state index in [0.717, 1.165) is 15.7 Å². The second kappa shape index (κ2) is 5.87. The van der Waals surface area contributed by atoms with E-state index in [1.54, 1.807) is 12.1 Å². The Bertz CT molecular complexity index is 545. The molecule has 0 spiro atoms. The van der Waals surface area contributed by atoms with Gasteiger partial charge in [0, 0.05) is 22.8 Å². The summed E-state index contributed by atoms with van der Waals surface area (Å²) >= 11 is 3.41. The van der Waals surface area contributed by atoms with E-state index in [4.69, 9.17) is 4.74 Å². The maximum atomic E-state index is 13.5. The fourth-order valence-electron chi connectivity index (χ4n) is 1.63. The van der Waals surface area contributed by atoms with Crippen molar-refractivity contribution < 1.29 is 9.13 Å². The minimum absolute atomic E-state index is 0.253. The van der Waals surface area contributed by atoms with Crippen molar-refractivity contribution >= 4 is 21.6 Å². The number of hydrogen-bond acceptors (Lipinski definition) is 2. The van der Waals surface area contributed by atoms with E-state index in [1.807, 2.05) is 24.3 Å². The molecule has 0 fully saturated rings. The Kier molecular flexibility index (Phi) is 4.20. The van der Waals surface area contributed by atoms with Gasteiger partial charge in [0.15, 0.2) is 11.6 Å². The second-order valence-corrected chi connectivity index (χ2v) is 4.75. The van der Waals surface area contributed by atoms with Crippen LogP contribution in [0.5, 0.6) is 5.75 Å². The third-order valence-corrected chi connectivity index (χ3v) is 3.03. The van der Waals surface area contributed by atoms with Crippen LogP contribution in [0, 0.1) is 5.82 Å². The number of halogens is 2. The summed E-state index contributed by atoms with van der Waals surface area (Å²) in [5.74, 6) is -0.111. The van der Waals surface area contributed by atoms with Gasteiger partial charge in [-0.25, -0.2) is 4.39 Å². The molecule has 2 rings (SSSR count). The average molecular weight is 310 g/mol. The lowest BCUT2D eigenvalue weighted by Gasteiger charge is -2.08. The van der Waals surface area contributed by atoms with E-state index in [1.165, 1.54) is 13.2 Å². The summed E-state index contributed by atoms with van der Waals surface area (Å²) in [5.41, 5.74) is 1.86. The maximum Gasteiger partial charge on any atom is 0.167 e. The molecule has 1 N–H and O–H groups in total. The molecular formula is C14H13BrFNO. The molecule has 0 aromatic heterocycles. The summed E-state index contributed by atoms with van der Waals surface area (Å²) in [4.78, 5) is 0. The average Bonchev–Trinajstić information content (AvgIpc) is 2.37. The number of rotatable bonds is 4. The largest absolute Gasteiger partial charge is 0.494 e. The highest BCUT2D eigenvalue weighted by atomic mass is 79.9. The Morgan fingerprint density at radius 1 is 1.22 bits per heavy atom. The molecule has 4 heteroatoms. The maximum absolute atomic E-state index is 13.5. The molecule has 0 heterocycles. The van der Waals surface area contributed by atoms with Crippen molar-refractivity contribution in [3.05, 3.63) is 58.3 Å². The van der Waals surface area contributed by atoms with Gasteiger partial charge < -0.3 is 10.1 Å². The highest BCUT2D eigenvalue weighted by Crippen LogP contribution is 2.21. The summed E-state index contributed by atoms with van der Waals surface area (Å²) in [6.45, 7) is 0.644. The van der Waals surface area contributed by atoms with Gasteiger partial charge in [-0.2, -0.15) is 0 Å². The van der Waals surface area contributed by atoms with Crippen LogP contribution in [0.4, 0.5) is 10.1 Å². The van der Waals surface area contributed by atoms with Crippen molar-refractivity contribution in [2.75, 3.05) is 12.4 Å². The smallest absolute Gasteiger partial charge is 0.167 e. The molecule has 2 nitrogen and oxygen atoms in total. The van der Waals surface area contributed by atoms with Crippen LogP contribution < -0.4 is 10.1 Å². The van der Waals surface area contributed by atoms with Gasteiger partial charge in [0.25, 0.3) is 0 Å². The van der Waals surface area contributed by atoms with Crippen LogP contribution in [0.2, 0.25) is 0 Å². The van der Waals surface area contributed by atoms with Crippen LogP contribution in [0.15, 0.2) is 46.9 Å². The van der Waals surface area contributed by atoms with Crippen LogP contribution in [0.1, 0.15) is 5.56 Å². The van der Waals surface area contributed by atoms with E-state index in [0.29, 0.717) is 6.54 Å². The number of nitrogens with one attached hydrogen (secondary N) is 1. The fourth-order valence-corrected chi connectivity index (χ4v) is 2.07. The van der Waals surface area contributed by atoms with Crippen LogP contribution in [-0.2, 0) is 6.54 Å². The first-order chi connectivity index (χ1) is 8.69. The third kappa shape index (κ3) is 3.23. The molecule has 2 aromatic carbocycles. The van der Waals surface area contributed by atoms with Crippen LogP contribution in [-0.4, -0.2) is 7.11 Å². The summed E-state index contributed by atoms with van der Waals surface area (Å²) in [7, 11) is 1.45. The second-order valence-electron chi connectivity index (χ2n) is 3.83. The highest BCUT2D eigenvalue weighted by Gasteiger charge is 2.03. The monoisotopic (exact) mass is 309 g/mol. The lowest BCUT2D eigenvalue weighted by Crippen LogP contribution is -2.00. The molecule has 0 aliphatic rings. The van der Waals surface area contributed by atoms with Crippen LogP contribution in [0.25, 0.3) is 0 Å². The van der Waals surface area contributed by atoms with Gasteiger partial charge >= 0.3 is 0 Å². The van der Waals surface area contributed by atoms with Gasteiger partial charge in [-0.1, -0.05) is 28.1 Å². The number of anilines is 1. The predicted octanol–water partition coefficient (Wildman–Crippen LogP) is 4.21. The van der Waals surface area contributed by atoms with Gasteiger partial charge in [-0.3, -0.25) is 0 Å². The fraction of sp³-hybridized carbons (Fsp3) is 0.143. The SMILES string of the molecule is COc1ccc(NCc2cccc(Br)c2)cc1F. The predicted molar refractivity (Wildman–Crippen MR) is 74.4 cm³/mol. The van der Waals surface area contributed by atoms with Gasteiger partial charge in [-0.05, 0) is 29.8 Å². The normalized spacial score (nSPS) is 10.2. The Morgan fingerprint density at radius 2 is 2.06 bits per heavy atom. The number of benzene rings is 2. The number of methoxy groups -OCH3 is 1. The Balaban J connectivity index is 2.04. The minimum atomic E-state index is -0.364. The topological polar surface area (TPSA) is 21.3 Å². The van der Waals surface area contributed by atoms with Crippen molar-refractivity contribution in [2.24, 2.45) is 0 Å². The molecule has 0 saturated carbocycles. The molecule has 0 bridgehead atoms. The lowest BCUT2D eigenvalue weighted by atomic mass is 10.2. The van der Waals surface area contributed by atoms with E-state index in [-0.39, 0.29) is 11.6 Å². The highest BCUT2D eigenvalue weighted by molar-refractivity contribution is 9.10. The zero-order valence-corrected chi connectivity index (χ0v) is 11.5. The molecule has 0 atom stereocenters. The van der Waals surface area contributed by atoms with Crippen molar-refractivity contribution in [2.45, 2.75) is 6.54 Å². The Morgan fingerprint density at radius 3 is 2.72 bits per heavy atom. The van der Waals surface area contributed by atoms with E-state index in [2.05, 4.69) is 21.2 Å². The van der Waals surface area contributed by atoms with E-state index in [9.17, 15) is 4.39 Å². The van der Waals surface area contributed by atoms with Gasteiger partial charge in [-0.15, -0.1) is 0 Å². The van der Waals surface area contributed by atoms with E-state index < -0.39 is 0 Å². The minimum Gasteiger partial charge on any atom is -0.494 e. The van der Waals surface area contributed by atoms with Gasteiger partial charge in [0.1, 0.15) is 0 Å². The molecule has 0 unspecified atom stereocenters. The van der Waals surface area contributed by atoms with Gasteiger partial charge in [0.05, 0.1) is 7.11 Å².